The number of anilines is 1. The Bertz CT molecular complexity index is 1110. The van der Waals surface area contributed by atoms with E-state index in [1.807, 2.05) is 6.07 Å². The maximum atomic E-state index is 13.1. The molecule has 9 heteroatoms. The van der Waals surface area contributed by atoms with Crippen molar-refractivity contribution in [2.45, 2.75) is 12.8 Å². The fraction of sp³-hybridized carbons (Fsp3) is 0.385. The molecule has 1 aliphatic carbocycles. The third kappa shape index (κ3) is 6.74. The number of benzene rings is 2. The largest absolute Gasteiger partial charge is 0.480 e. The predicted molar refractivity (Wildman–Crippen MR) is 131 cm³/mol. The molecule has 2 aromatic carbocycles. The van der Waals surface area contributed by atoms with E-state index < -0.39 is 11.9 Å². The van der Waals surface area contributed by atoms with E-state index in [9.17, 15) is 19.2 Å². The molecule has 0 bridgehead atoms. The molecule has 9 nitrogen and oxygen atoms in total. The van der Waals surface area contributed by atoms with Crippen molar-refractivity contribution in [3.8, 4) is 0 Å². The molecule has 0 aliphatic heterocycles. The van der Waals surface area contributed by atoms with E-state index in [2.05, 4.69) is 19.4 Å². The first kappa shape index (κ1) is 26.1. The molecule has 0 spiro atoms. The highest BCUT2D eigenvalue weighted by molar-refractivity contribution is 6.30. The van der Waals surface area contributed by atoms with Crippen LogP contribution in [0.5, 0.6) is 0 Å². The van der Waals surface area contributed by atoms with Crippen molar-refractivity contribution in [3.05, 3.63) is 64.7 Å². The zero-order valence-electron chi connectivity index (χ0n) is 20.1. The van der Waals surface area contributed by atoms with Gasteiger partial charge in [0.05, 0.1) is 45.8 Å². The molecule has 0 amide bonds. The first-order valence-electron chi connectivity index (χ1n) is 11.6. The van der Waals surface area contributed by atoms with Crippen LogP contribution in [0.1, 0.15) is 44.7 Å². The smallest absolute Gasteiger partial charge is 0.317 e. The van der Waals surface area contributed by atoms with Crippen LogP contribution >= 0.6 is 0 Å². The van der Waals surface area contributed by atoms with E-state index in [4.69, 9.17) is 10.2 Å². The van der Waals surface area contributed by atoms with Gasteiger partial charge in [0.1, 0.15) is 0 Å². The highest BCUT2D eigenvalue weighted by Crippen LogP contribution is 2.31. The Morgan fingerprint density at radius 1 is 0.829 bits per heavy atom. The van der Waals surface area contributed by atoms with Crippen LogP contribution in [0.25, 0.3) is 0 Å². The maximum Gasteiger partial charge on any atom is 0.317 e. The van der Waals surface area contributed by atoms with Gasteiger partial charge in [0.15, 0.2) is 11.6 Å². The first-order chi connectivity index (χ1) is 16.6. The molecular weight excluding hydrogens is 450 g/mol. The number of aliphatic carboxylic acids is 2. The molecule has 0 heterocycles. The Morgan fingerprint density at radius 2 is 1.40 bits per heavy atom. The van der Waals surface area contributed by atoms with Gasteiger partial charge in [0.25, 0.3) is 0 Å². The number of fused-ring (bicyclic) bond motifs is 2. The molecule has 0 aromatic heterocycles. The number of hydrogen-bond acceptors (Lipinski definition) is 6. The summed E-state index contributed by atoms with van der Waals surface area (Å²) in [6.45, 7) is 2.01. The van der Waals surface area contributed by atoms with Crippen molar-refractivity contribution in [1.29, 1.82) is 0 Å². The number of nitrogens with zero attached hydrogens (tertiary/aromatic N) is 2. The van der Waals surface area contributed by atoms with Crippen LogP contribution in [0.4, 0.5) is 5.69 Å². The lowest BCUT2D eigenvalue weighted by atomic mass is 9.83. The summed E-state index contributed by atoms with van der Waals surface area (Å²) in [4.78, 5) is 49.3. The second-order valence-corrected chi connectivity index (χ2v) is 9.45. The molecule has 186 valence electrons. The van der Waals surface area contributed by atoms with Crippen LogP contribution in [0.3, 0.4) is 0 Å². The minimum atomic E-state index is -1.04. The molecule has 0 radical (unpaired) electrons. The molecule has 3 N–H and O–H groups in total. The van der Waals surface area contributed by atoms with Gasteiger partial charge in [0, 0.05) is 48.3 Å². The van der Waals surface area contributed by atoms with E-state index in [0.29, 0.717) is 51.9 Å². The fourth-order valence-corrected chi connectivity index (χ4v) is 4.45. The Kier molecular flexibility index (Phi) is 8.37. The average molecular weight is 483 g/mol. The summed E-state index contributed by atoms with van der Waals surface area (Å²) in [6.07, 6.45) is 1.48. The van der Waals surface area contributed by atoms with Crippen molar-refractivity contribution >= 4 is 29.2 Å². The summed E-state index contributed by atoms with van der Waals surface area (Å²) in [7, 11) is 4.14. The monoisotopic (exact) mass is 482 g/mol. The highest BCUT2D eigenvalue weighted by atomic mass is 16.4. The topological polar surface area (TPSA) is 124 Å². The van der Waals surface area contributed by atoms with Crippen LogP contribution in [-0.4, -0.2) is 96.5 Å². The fourth-order valence-electron chi connectivity index (χ4n) is 4.45. The zero-order valence-corrected chi connectivity index (χ0v) is 20.1. The lowest BCUT2D eigenvalue weighted by molar-refractivity contribution is -0.890. The van der Waals surface area contributed by atoms with Crippen molar-refractivity contribution in [2.75, 3.05) is 58.7 Å². The van der Waals surface area contributed by atoms with Gasteiger partial charge < -0.3 is 20.0 Å². The van der Waals surface area contributed by atoms with Crippen LogP contribution < -0.4 is 5.32 Å². The number of ketones is 2. The minimum Gasteiger partial charge on any atom is -0.480 e. The van der Waals surface area contributed by atoms with Gasteiger partial charge in [-0.3, -0.25) is 24.1 Å². The number of carbonyl (C=O) groups is 4. The normalized spacial score (nSPS) is 12.9. The Balaban J connectivity index is 1.53. The van der Waals surface area contributed by atoms with Crippen LogP contribution in [-0.2, 0) is 9.59 Å². The number of hydrogen-bond donors (Lipinski definition) is 3. The van der Waals surface area contributed by atoms with Gasteiger partial charge in [-0.05, 0) is 6.07 Å². The summed E-state index contributed by atoms with van der Waals surface area (Å²) >= 11 is 0. The summed E-state index contributed by atoms with van der Waals surface area (Å²) in [6, 6.07) is 12.2. The molecule has 0 unspecified atom stereocenters. The molecule has 0 saturated heterocycles. The second-order valence-electron chi connectivity index (χ2n) is 9.45. The summed E-state index contributed by atoms with van der Waals surface area (Å²) in [5, 5.41) is 21.2. The Morgan fingerprint density at radius 3 is 2.03 bits per heavy atom. The number of rotatable bonds is 13. The lowest BCUT2D eigenvalue weighted by Gasteiger charge is -2.31. The molecule has 0 fully saturated rings. The van der Waals surface area contributed by atoms with E-state index in [1.165, 1.54) is 4.90 Å². The first-order valence-corrected chi connectivity index (χ1v) is 11.6. The van der Waals surface area contributed by atoms with Gasteiger partial charge >= 0.3 is 11.9 Å². The number of carboxylic acid groups (broad SMARTS) is 2. The summed E-state index contributed by atoms with van der Waals surface area (Å²) < 4.78 is 0.688. The van der Waals surface area contributed by atoms with Crippen molar-refractivity contribution in [1.82, 2.24) is 4.90 Å². The van der Waals surface area contributed by atoms with Gasteiger partial charge in [0.2, 0.25) is 0 Å². The van der Waals surface area contributed by atoms with Gasteiger partial charge in [-0.25, -0.2) is 0 Å². The van der Waals surface area contributed by atoms with Crippen LogP contribution in [0, 0.1) is 0 Å². The van der Waals surface area contributed by atoms with Gasteiger partial charge in [-0.15, -0.1) is 0 Å². The van der Waals surface area contributed by atoms with Crippen LogP contribution in [0.15, 0.2) is 42.5 Å². The predicted octanol–water partition coefficient (Wildman–Crippen LogP) is 2.20. The SMILES string of the molecule is C[N+](C)(CCCNc1cccc2c1C(=O)c1ccccc1C2=O)CCCN(CC(=O)O)CC(=O)O. The van der Waals surface area contributed by atoms with Crippen molar-refractivity contribution < 1.29 is 33.9 Å². The molecule has 35 heavy (non-hydrogen) atoms. The Labute approximate surface area is 204 Å². The third-order valence-electron chi connectivity index (χ3n) is 6.16. The van der Waals surface area contributed by atoms with Crippen LogP contribution in [0.2, 0.25) is 0 Å². The Hall–Kier alpha value is -3.56. The standard InChI is InChI=1S/C26H31N3O6/c1-29(2,15-7-13-28(16-22(30)31)17-23(32)33)14-6-12-27-21-11-5-10-20-24(21)26(35)19-9-4-3-8-18(19)25(20)34/h3-5,8-11H,6-7,12-17H2,1-2H3,(H2-,27,30,31,32,33,35)/p+1. The second kappa shape index (κ2) is 11.2. The van der Waals surface area contributed by atoms with E-state index >= 15 is 0 Å². The maximum absolute atomic E-state index is 13.1. The van der Waals surface area contributed by atoms with Crippen molar-refractivity contribution in [3.63, 3.8) is 0 Å². The summed E-state index contributed by atoms with van der Waals surface area (Å²) in [5.74, 6) is -2.38. The third-order valence-corrected chi connectivity index (χ3v) is 6.16. The average Bonchev–Trinajstić information content (AvgIpc) is 2.79. The molecule has 0 saturated carbocycles. The number of nitrogens with one attached hydrogen (secondary N) is 1. The van der Waals surface area contributed by atoms with E-state index in [-0.39, 0.29) is 24.7 Å². The minimum absolute atomic E-state index is 0.142. The highest BCUT2D eigenvalue weighted by Gasteiger charge is 2.31. The van der Waals surface area contributed by atoms with Gasteiger partial charge in [-0.1, -0.05) is 36.4 Å². The van der Waals surface area contributed by atoms with E-state index in [0.717, 1.165) is 19.5 Å². The number of carbonyl (C=O) groups excluding carboxylic acids is 2. The summed E-state index contributed by atoms with van der Waals surface area (Å²) in [5.41, 5.74) is 2.35. The zero-order chi connectivity index (χ0) is 25.6. The molecular formula is C26H32N3O6+. The number of carboxylic acids is 2. The molecule has 3 rings (SSSR count). The van der Waals surface area contributed by atoms with E-state index in [1.54, 1.807) is 36.4 Å². The number of quaternary nitrogens is 1. The molecule has 0 atom stereocenters. The van der Waals surface area contributed by atoms with Crippen molar-refractivity contribution in [2.24, 2.45) is 0 Å². The van der Waals surface area contributed by atoms with Gasteiger partial charge in [-0.2, -0.15) is 0 Å². The lowest BCUT2D eigenvalue weighted by Crippen LogP contribution is -2.44. The molecule has 2 aromatic rings. The quantitative estimate of drug-likeness (QED) is 0.250. The molecule has 1 aliphatic rings.